The van der Waals surface area contributed by atoms with Crippen LogP contribution in [0.4, 0.5) is 0 Å². The minimum Gasteiger partial charge on any atom is -0.221 e. The van der Waals surface area contributed by atoms with Crippen LogP contribution >= 0.6 is 0 Å². The van der Waals surface area contributed by atoms with Gasteiger partial charge in [-0.2, -0.15) is 5.10 Å². The van der Waals surface area contributed by atoms with Crippen LogP contribution in [0.5, 0.6) is 0 Å². The molecule has 0 bridgehead atoms. The number of hydrogen-bond acceptors (Lipinski definition) is 2. The lowest BCUT2D eigenvalue weighted by Crippen LogP contribution is -2.16. The van der Waals surface area contributed by atoms with Crippen molar-refractivity contribution >= 4 is 5.65 Å². The highest BCUT2D eigenvalue weighted by Crippen LogP contribution is 2.28. The molecule has 0 fully saturated rings. The van der Waals surface area contributed by atoms with Crippen molar-refractivity contribution in [3.63, 3.8) is 0 Å². The third-order valence-corrected chi connectivity index (χ3v) is 2.94. The van der Waals surface area contributed by atoms with Crippen LogP contribution in [0.25, 0.3) is 5.65 Å². The lowest BCUT2D eigenvalue weighted by molar-refractivity contribution is 0.473. The largest absolute Gasteiger partial charge is 0.221 e. The average molecular weight is 203 g/mol. The van der Waals surface area contributed by atoms with Gasteiger partial charge in [0.25, 0.3) is 0 Å². The Labute approximate surface area is 90.1 Å². The lowest BCUT2D eigenvalue weighted by Gasteiger charge is -2.24. The maximum Gasteiger partial charge on any atom is 0.155 e. The van der Waals surface area contributed by atoms with Gasteiger partial charge in [-0.25, -0.2) is 9.50 Å². The molecule has 0 spiro atoms. The second-order valence-corrected chi connectivity index (χ2v) is 4.61. The summed E-state index contributed by atoms with van der Waals surface area (Å²) in [6.07, 6.45) is 5.96. The monoisotopic (exact) mass is 203 g/mol. The molecule has 0 atom stereocenters. The van der Waals surface area contributed by atoms with Crippen LogP contribution < -0.4 is 0 Å². The van der Waals surface area contributed by atoms with Gasteiger partial charge in [0.15, 0.2) is 5.65 Å². The number of rotatable bonds is 3. The second-order valence-electron chi connectivity index (χ2n) is 4.61. The quantitative estimate of drug-likeness (QED) is 0.767. The molecule has 2 rings (SSSR count). The first-order valence-electron chi connectivity index (χ1n) is 5.43. The van der Waals surface area contributed by atoms with Gasteiger partial charge >= 0.3 is 0 Å². The van der Waals surface area contributed by atoms with Gasteiger partial charge in [0.1, 0.15) is 6.33 Å². The summed E-state index contributed by atoms with van der Waals surface area (Å²) in [5.74, 6) is 0. The Balaban J connectivity index is 2.42. The van der Waals surface area contributed by atoms with Gasteiger partial charge in [-0.05, 0) is 29.5 Å². The Morgan fingerprint density at radius 3 is 2.93 bits per heavy atom. The molecule has 2 aromatic heterocycles. The van der Waals surface area contributed by atoms with Crippen LogP contribution in [0, 0.1) is 0 Å². The van der Waals surface area contributed by atoms with Crippen molar-refractivity contribution < 1.29 is 0 Å². The van der Waals surface area contributed by atoms with E-state index in [0.29, 0.717) is 0 Å². The molecule has 0 N–H and O–H groups in total. The molecular weight excluding hydrogens is 186 g/mol. The maximum atomic E-state index is 4.20. The first kappa shape index (κ1) is 10.1. The Kier molecular flexibility index (Phi) is 2.47. The first-order valence-corrected chi connectivity index (χ1v) is 5.43. The summed E-state index contributed by atoms with van der Waals surface area (Å²) in [6, 6.07) is 4.26. The number of aromatic nitrogens is 3. The fraction of sp³-hybridized carbons (Fsp3) is 0.500. The van der Waals surface area contributed by atoms with Crippen LogP contribution in [0.3, 0.4) is 0 Å². The third kappa shape index (κ3) is 1.87. The molecule has 0 aliphatic carbocycles. The molecule has 15 heavy (non-hydrogen) atoms. The van der Waals surface area contributed by atoms with Crippen molar-refractivity contribution in [2.75, 3.05) is 0 Å². The Morgan fingerprint density at radius 1 is 1.40 bits per heavy atom. The van der Waals surface area contributed by atoms with Crippen molar-refractivity contribution in [3.05, 3.63) is 30.2 Å². The van der Waals surface area contributed by atoms with E-state index in [-0.39, 0.29) is 5.41 Å². The van der Waals surface area contributed by atoms with Crippen LogP contribution in [0.15, 0.2) is 24.7 Å². The first-order chi connectivity index (χ1) is 7.13. The summed E-state index contributed by atoms with van der Waals surface area (Å²) in [5, 5.41) is 4.09. The van der Waals surface area contributed by atoms with Crippen molar-refractivity contribution in [1.82, 2.24) is 14.6 Å². The van der Waals surface area contributed by atoms with Crippen LogP contribution in [0.1, 0.15) is 39.2 Å². The fourth-order valence-electron chi connectivity index (χ4n) is 2.01. The highest BCUT2D eigenvalue weighted by atomic mass is 15.3. The zero-order chi connectivity index (χ0) is 10.9. The van der Waals surface area contributed by atoms with Gasteiger partial charge in [0.2, 0.25) is 0 Å². The number of hydrogen-bond donors (Lipinski definition) is 0. The fourth-order valence-corrected chi connectivity index (χ4v) is 2.01. The van der Waals surface area contributed by atoms with Gasteiger partial charge in [-0.1, -0.05) is 27.2 Å². The molecule has 0 aromatic carbocycles. The molecule has 0 unspecified atom stereocenters. The van der Waals surface area contributed by atoms with Crippen LogP contribution in [-0.4, -0.2) is 14.6 Å². The van der Waals surface area contributed by atoms with E-state index in [4.69, 9.17) is 0 Å². The molecule has 80 valence electrons. The second kappa shape index (κ2) is 3.65. The molecule has 0 radical (unpaired) electrons. The van der Waals surface area contributed by atoms with Crippen LogP contribution in [0.2, 0.25) is 0 Å². The standard InChI is InChI=1S/C12H17N3/c1-4-6-12(2,3)10-5-7-15-11(8-10)13-9-14-15/h5,7-9H,4,6H2,1-3H3. The molecular formula is C12H17N3. The van der Waals surface area contributed by atoms with Gasteiger partial charge in [0, 0.05) is 6.20 Å². The van der Waals surface area contributed by atoms with E-state index < -0.39 is 0 Å². The summed E-state index contributed by atoms with van der Waals surface area (Å²) in [5.41, 5.74) is 2.49. The van der Waals surface area contributed by atoms with Crippen molar-refractivity contribution in [2.45, 2.75) is 39.0 Å². The summed E-state index contributed by atoms with van der Waals surface area (Å²) < 4.78 is 1.80. The van der Waals surface area contributed by atoms with Crippen molar-refractivity contribution in [3.8, 4) is 0 Å². The topological polar surface area (TPSA) is 30.2 Å². The van der Waals surface area contributed by atoms with Gasteiger partial charge in [-0.15, -0.1) is 0 Å². The minimum absolute atomic E-state index is 0.225. The molecule has 2 aromatic rings. The smallest absolute Gasteiger partial charge is 0.155 e. The van der Waals surface area contributed by atoms with E-state index in [1.54, 1.807) is 10.8 Å². The number of pyridine rings is 1. The van der Waals surface area contributed by atoms with E-state index in [2.05, 4.69) is 43.0 Å². The average Bonchev–Trinajstić information content (AvgIpc) is 2.63. The summed E-state index contributed by atoms with van der Waals surface area (Å²) in [7, 11) is 0. The van der Waals surface area contributed by atoms with Gasteiger partial charge in [0.05, 0.1) is 0 Å². The van der Waals surface area contributed by atoms with E-state index in [1.165, 1.54) is 18.4 Å². The summed E-state index contributed by atoms with van der Waals surface area (Å²) >= 11 is 0. The lowest BCUT2D eigenvalue weighted by atomic mass is 9.81. The van der Waals surface area contributed by atoms with E-state index in [1.807, 2.05) is 6.20 Å². The summed E-state index contributed by atoms with van der Waals surface area (Å²) in [4.78, 5) is 4.20. The third-order valence-electron chi connectivity index (χ3n) is 2.94. The van der Waals surface area contributed by atoms with E-state index >= 15 is 0 Å². The molecule has 0 saturated heterocycles. The highest BCUT2D eigenvalue weighted by Gasteiger charge is 2.19. The number of nitrogens with zero attached hydrogens (tertiary/aromatic N) is 3. The van der Waals surface area contributed by atoms with Crippen molar-refractivity contribution in [1.29, 1.82) is 0 Å². The normalized spacial score (nSPS) is 12.2. The molecule has 0 aliphatic rings. The zero-order valence-corrected chi connectivity index (χ0v) is 9.57. The highest BCUT2D eigenvalue weighted by molar-refractivity contribution is 5.41. The molecule has 0 aliphatic heterocycles. The zero-order valence-electron chi connectivity index (χ0n) is 9.57. The molecule has 3 nitrogen and oxygen atoms in total. The van der Waals surface area contributed by atoms with E-state index in [0.717, 1.165) is 5.65 Å². The predicted octanol–water partition coefficient (Wildman–Crippen LogP) is 2.81. The van der Waals surface area contributed by atoms with E-state index in [9.17, 15) is 0 Å². The molecule has 2 heterocycles. The van der Waals surface area contributed by atoms with Crippen molar-refractivity contribution in [2.24, 2.45) is 0 Å². The molecule has 0 amide bonds. The minimum atomic E-state index is 0.225. The Hall–Kier alpha value is -1.38. The van der Waals surface area contributed by atoms with Gasteiger partial charge in [-0.3, -0.25) is 0 Å². The van der Waals surface area contributed by atoms with Gasteiger partial charge < -0.3 is 0 Å². The molecule has 0 saturated carbocycles. The van der Waals surface area contributed by atoms with Crippen LogP contribution in [-0.2, 0) is 5.41 Å². The molecule has 3 heteroatoms. The predicted molar refractivity (Wildman–Crippen MR) is 60.9 cm³/mol. The number of fused-ring (bicyclic) bond motifs is 1. The maximum absolute atomic E-state index is 4.20. The SMILES string of the molecule is CCCC(C)(C)c1ccn2ncnc2c1. The Bertz CT molecular complexity index is 457. The Morgan fingerprint density at radius 2 is 2.20 bits per heavy atom. The summed E-state index contributed by atoms with van der Waals surface area (Å²) in [6.45, 7) is 6.77.